The van der Waals surface area contributed by atoms with Crippen LogP contribution in [0.4, 0.5) is 0 Å². The minimum Gasteiger partial charge on any atom is -0.481 e. The van der Waals surface area contributed by atoms with Crippen LogP contribution in [-0.4, -0.2) is 21.0 Å². The zero-order valence-electron chi connectivity index (χ0n) is 8.27. The Labute approximate surface area is 96.9 Å². The fourth-order valence-electron chi connectivity index (χ4n) is 1.46. The third-order valence-electron chi connectivity index (χ3n) is 2.16. The van der Waals surface area contributed by atoms with Crippen LogP contribution < -0.4 is 0 Å². The van der Waals surface area contributed by atoms with Gasteiger partial charge in [0.1, 0.15) is 0 Å². The lowest BCUT2D eigenvalue weighted by atomic mass is 10.1. The fourth-order valence-corrected chi connectivity index (χ4v) is 1.59. The van der Waals surface area contributed by atoms with Crippen molar-refractivity contribution in [3.05, 3.63) is 41.3 Å². The Balaban J connectivity index is 2.36. The van der Waals surface area contributed by atoms with Gasteiger partial charge in [0.25, 0.3) is 0 Å². The average molecular weight is 237 g/mol. The lowest BCUT2D eigenvalue weighted by Crippen LogP contribution is -2.01. The van der Waals surface area contributed by atoms with Crippen LogP contribution >= 0.6 is 11.6 Å². The van der Waals surface area contributed by atoms with Gasteiger partial charge in [0, 0.05) is 10.6 Å². The largest absolute Gasteiger partial charge is 0.481 e. The summed E-state index contributed by atoms with van der Waals surface area (Å²) in [4.78, 5) is 17.6. The molecule has 0 radical (unpaired) electrons. The first-order valence-electron chi connectivity index (χ1n) is 4.67. The van der Waals surface area contributed by atoms with Gasteiger partial charge in [0.05, 0.1) is 24.1 Å². The smallest absolute Gasteiger partial charge is 0.309 e. The summed E-state index contributed by atoms with van der Waals surface area (Å²) in [6.45, 7) is 0. The van der Waals surface area contributed by atoms with Crippen LogP contribution in [-0.2, 0) is 11.2 Å². The van der Waals surface area contributed by atoms with Gasteiger partial charge in [-0.15, -0.1) is 0 Å². The number of nitrogens with zero attached hydrogens (tertiary/aromatic N) is 1. The first-order chi connectivity index (χ1) is 7.66. The van der Waals surface area contributed by atoms with Crippen molar-refractivity contribution in [3.63, 3.8) is 0 Å². The molecule has 2 N–H and O–H groups in total. The van der Waals surface area contributed by atoms with Gasteiger partial charge in [-0.2, -0.15) is 0 Å². The number of hydrogen-bond donors (Lipinski definition) is 2. The van der Waals surface area contributed by atoms with Crippen molar-refractivity contribution >= 4 is 17.6 Å². The lowest BCUT2D eigenvalue weighted by molar-refractivity contribution is -0.136. The molecule has 0 bridgehead atoms. The van der Waals surface area contributed by atoms with E-state index in [9.17, 15) is 4.79 Å². The number of carboxylic acid groups (broad SMARTS) is 1. The molecule has 0 atom stereocenters. The highest BCUT2D eigenvalue weighted by Gasteiger charge is 2.11. The number of carboxylic acids is 1. The zero-order valence-corrected chi connectivity index (χ0v) is 9.03. The lowest BCUT2D eigenvalue weighted by Gasteiger charge is -2.00. The standard InChI is InChI=1S/C11H9ClN2O2/c12-8-3-1-7(2-4-8)11-9(5-10(15)16)13-6-14-11/h1-4,6H,5H2,(H,13,14)(H,15,16). The molecule has 4 nitrogen and oxygen atoms in total. The molecule has 1 aromatic carbocycles. The molecule has 0 aliphatic heterocycles. The Morgan fingerprint density at radius 2 is 2.06 bits per heavy atom. The molecule has 2 rings (SSSR count). The van der Waals surface area contributed by atoms with Crippen molar-refractivity contribution in [1.82, 2.24) is 9.97 Å². The Morgan fingerprint density at radius 1 is 1.38 bits per heavy atom. The maximum Gasteiger partial charge on any atom is 0.309 e. The molecule has 0 unspecified atom stereocenters. The van der Waals surface area contributed by atoms with Gasteiger partial charge in [-0.25, -0.2) is 4.98 Å². The number of H-pyrrole nitrogens is 1. The van der Waals surface area contributed by atoms with Crippen LogP contribution in [0.15, 0.2) is 30.6 Å². The number of imidazole rings is 1. The van der Waals surface area contributed by atoms with E-state index in [1.807, 2.05) is 12.1 Å². The van der Waals surface area contributed by atoms with Gasteiger partial charge in [-0.3, -0.25) is 4.79 Å². The van der Waals surface area contributed by atoms with E-state index in [0.717, 1.165) is 5.56 Å². The summed E-state index contributed by atoms with van der Waals surface area (Å²) >= 11 is 5.77. The first-order valence-corrected chi connectivity index (χ1v) is 5.04. The number of halogens is 1. The number of aromatic nitrogens is 2. The molecule has 0 spiro atoms. The number of hydrogen-bond acceptors (Lipinski definition) is 2. The molecule has 0 amide bonds. The summed E-state index contributed by atoms with van der Waals surface area (Å²) in [7, 11) is 0. The topological polar surface area (TPSA) is 66.0 Å². The van der Waals surface area contributed by atoms with Crippen LogP contribution in [0.2, 0.25) is 5.02 Å². The molecule has 16 heavy (non-hydrogen) atoms. The van der Waals surface area contributed by atoms with Crippen molar-refractivity contribution in [2.24, 2.45) is 0 Å². The summed E-state index contributed by atoms with van der Waals surface area (Å²) < 4.78 is 0. The fraction of sp³-hybridized carbons (Fsp3) is 0.0909. The summed E-state index contributed by atoms with van der Waals surface area (Å²) in [6, 6.07) is 7.11. The van der Waals surface area contributed by atoms with Gasteiger partial charge in [-0.05, 0) is 12.1 Å². The summed E-state index contributed by atoms with van der Waals surface area (Å²) in [6.07, 6.45) is 1.42. The van der Waals surface area contributed by atoms with Crippen molar-refractivity contribution < 1.29 is 9.90 Å². The zero-order chi connectivity index (χ0) is 11.5. The molecule has 0 saturated carbocycles. The van der Waals surface area contributed by atoms with Crippen LogP contribution in [0.5, 0.6) is 0 Å². The summed E-state index contributed by atoms with van der Waals surface area (Å²) in [5.41, 5.74) is 2.09. The van der Waals surface area contributed by atoms with Gasteiger partial charge >= 0.3 is 5.97 Å². The van der Waals surface area contributed by atoms with Crippen LogP contribution in [0.25, 0.3) is 11.3 Å². The van der Waals surface area contributed by atoms with E-state index in [-0.39, 0.29) is 6.42 Å². The molecule has 0 aliphatic rings. The second-order valence-corrected chi connectivity index (χ2v) is 3.74. The Morgan fingerprint density at radius 3 is 2.69 bits per heavy atom. The molecule has 0 fully saturated rings. The maximum atomic E-state index is 10.6. The van der Waals surface area contributed by atoms with E-state index < -0.39 is 5.97 Å². The number of benzene rings is 1. The normalized spacial score (nSPS) is 10.3. The molecule has 82 valence electrons. The highest BCUT2D eigenvalue weighted by Crippen LogP contribution is 2.22. The van der Waals surface area contributed by atoms with E-state index in [4.69, 9.17) is 16.7 Å². The second-order valence-electron chi connectivity index (χ2n) is 3.31. The van der Waals surface area contributed by atoms with Crippen molar-refractivity contribution in [1.29, 1.82) is 0 Å². The molecule has 2 aromatic rings. The number of aromatic amines is 1. The molecule has 1 heterocycles. The minimum atomic E-state index is -0.889. The molecular weight excluding hydrogens is 228 g/mol. The summed E-state index contributed by atoms with van der Waals surface area (Å²) in [5.74, 6) is -0.889. The number of rotatable bonds is 3. The Hall–Kier alpha value is -1.81. The van der Waals surface area contributed by atoms with E-state index in [0.29, 0.717) is 16.4 Å². The predicted octanol–water partition coefficient (Wildman–Crippen LogP) is 2.36. The molecule has 0 saturated heterocycles. The predicted molar refractivity (Wildman–Crippen MR) is 60.4 cm³/mol. The van der Waals surface area contributed by atoms with E-state index in [1.54, 1.807) is 12.1 Å². The third-order valence-corrected chi connectivity index (χ3v) is 2.42. The quantitative estimate of drug-likeness (QED) is 0.860. The van der Waals surface area contributed by atoms with Crippen molar-refractivity contribution in [2.75, 3.05) is 0 Å². The van der Waals surface area contributed by atoms with Crippen molar-refractivity contribution in [2.45, 2.75) is 6.42 Å². The molecule has 0 aliphatic carbocycles. The van der Waals surface area contributed by atoms with Crippen LogP contribution in [0.3, 0.4) is 0 Å². The number of aliphatic carboxylic acids is 1. The van der Waals surface area contributed by atoms with Crippen LogP contribution in [0, 0.1) is 0 Å². The first kappa shape index (κ1) is 10.7. The third kappa shape index (κ3) is 2.23. The summed E-state index contributed by atoms with van der Waals surface area (Å²) in [5, 5.41) is 9.37. The van der Waals surface area contributed by atoms with E-state index in [1.165, 1.54) is 6.33 Å². The highest BCUT2D eigenvalue weighted by atomic mass is 35.5. The minimum absolute atomic E-state index is 0.0715. The molecule has 5 heteroatoms. The van der Waals surface area contributed by atoms with E-state index >= 15 is 0 Å². The van der Waals surface area contributed by atoms with Crippen molar-refractivity contribution in [3.8, 4) is 11.3 Å². The Kier molecular flexibility index (Phi) is 2.92. The Bertz CT molecular complexity index is 505. The van der Waals surface area contributed by atoms with Gasteiger partial charge < -0.3 is 10.1 Å². The van der Waals surface area contributed by atoms with Gasteiger partial charge in [-0.1, -0.05) is 23.7 Å². The molecular formula is C11H9ClN2O2. The van der Waals surface area contributed by atoms with Crippen LogP contribution in [0.1, 0.15) is 5.69 Å². The highest BCUT2D eigenvalue weighted by molar-refractivity contribution is 6.30. The maximum absolute atomic E-state index is 10.6. The monoisotopic (exact) mass is 236 g/mol. The molecule has 1 aromatic heterocycles. The van der Waals surface area contributed by atoms with Gasteiger partial charge in [0.15, 0.2) is 0 Å². The second kappa shape index (κ2) is 4.37. The van der Waals surface area contributed by atoms with E-state index in [2.05, 4.69) is 9.97 Å². The SMILES string of the molecule is O=C(O)Cc1[nH]cnc1-c1ccc(Cl)cc1. The average Bonchev–Trinajstić information content (AvgIpc) is 2.66. The van der Waals surface area contributed by atoms with Gasteiger partial charge in [0.2, 0.25) is 0 Å². The number of nitrogens with one attached hydrogen (secondary N) is 1. The number of carbonyl (C=O) groups is 1.